The molecule has 0 radical (unpaired) electrons. The van der Waals surface area contributed by atoms with E-state index in [2.05, 4.69) is 25.3 Å². The average molecular weight is 338 g/mol. The van der Waals surface area contributed by atoms with Crippen molar-refractivity contribution < 1.29 is 9.18 Å². The lowest BCUT2D eigenvalue weighted by Gasteiger charge is -2.12. The Kier molecular flexibility index (Phi) is 3.45. The van der Waals surface area contributed by atoms with E-state index in [0.717, 1.165) is 11.1 Å². The van der Waals surface area contributed by atoms with Crippen molar-refractivity contribution in [3.8, 4) is 0 Å². The first-order chi connectivity index (χ1) is 12.0. The molecule has 0 saturated heterocycles. The van der Waals surface area contributed by atoms with E-state index in [1.807, 2.05) is 0 Å². The Balaban J connectivity index is 1.81. The summed E-state index contributed by atoms with van der Waals surface area (Å²) in [6.45, 7) is 0.490. The van der Waals surface area contributed by atoms with Crippen LogP contribution in [0.25, 0.3) is 11.0 Å². The number of anilines is 2. The van der Waals surface area contributed by atoms with Crippen molar-refractivity contribution in [3.63, 3.8) is 0 Å². The fourth-order valence-electron chi connectivity index (χ4n) is 2.82. The van der Waals surface area contributed by atoms with Gasteiger partial charge in [0.25, 0.3) is 5.91 Å². The lowest BCUT2D eigenvalue weighted by atomic mass is 10.1. The summed E-state index contributed by atoms with van der Waals surface area (Å²) >= 11 is 0. The predicted molar refractivity (Wildman–Crippen MR) is 92.9 cm³/mol. The quantitative estimate of drug-likeness (QED) is 0.768. The molecule has 126 valence electrons. The predicted octanol–water partition coefficient (Wildman–Crippen LogP) is 2.47. The van der Waals surface area contributed by atoms with E-state index in [1.54, 1.807) is 32.6 Å². The van der Waals surface area contributed by atoms with Crippen molar-refractivity contribution in [2.45, 2.75) is 6.54 Å². The van der Waals surface area contributed by atoms with Gasteiger partial charge in [0, 0.05) is 26.5 Å². The maximum absolute atomic E-state index is 14.4. The zero-order valence-electron chi connectivity index (χ0n) is 13.7. The summed E-state index contributed by atoms with van der Waals surface area (Å²) in [6.07, 6.45) is 4.66. The molecule has 4 rings (SSSR count). The number of nitrogens with one attached hydrogen (secondary N) is 2. The molecule has 3 heterocycles. The number of aromatic amines is 1. The normalized spacial score (nSPS) is 12.4. The number of benzene rings is 1. The molecule has 2 aromatic heterocycles. The van der Waals surface area contributed by atoms with Crippen LogP contribution in [0.2, 0.25) is 0 Å². The number of aliphatic imine (C=N–C) groups is 1. The highest BCUT2D eigenvalue weighted by molar-refractivity contribution is 6.09. The van der Waals surface area contributed by atoms with Gasteiger partial charge in [0.2, 0.25) is 0 Å². The van der Waals surface area contributed by atoms with Crippen LogP contribution in [-0.4, -0.2) is 46.1 Å². The molecule has 0 unspecified atom stereocenters. The molecule has 7 nitrogen and oxygen atoms in total. The number of H-pyrrole nitrogens is 1. The van der Waals surface area contributed by atoms with Crippen LogP contribution in [0.3, 0.4) is 0 Å². The number of amides is 1. The van der Waals surface area contributed by atoms with Crippen molar-refractivity contribution in [2.75, 3.05) is 19.4 Å². The first kappa shape index (κ1) is 15.3. The lowest BCUT2D eigenvalue weighted by Crippen LogP contribution is -2.21. The van der Waals surface area contributed by atoms with Crippen LogP contribution in [0.5, 0.6) is 0 Å². The van der Waals surface area contributed by atoms with Crippen LogP contribution in [-0.2, 0) is 6.54 Å². The van der Waals surface area contributed by atoms with Gasteiger partial charge in [-0.25, -0.2) is 14.4 Å². The van der Waals surface area contributed by atoms with Crippen molar-refractivity contribution in [3.05, 3.63) is 47.2 Å². The molecular formula is C17H15FN6O. The maximum Gasteiger partial charge on any atom is 0.255 e. The lowest BCUT2D eigenvalue weighted by molar-refractivity contribution is 0.0829. The zero-order valence-corrected chi connectivity index (χ0v) is 13.7. The van der Waals surface area contributed by atoms with Gasteiger partial charge in [-0.05, 0) is 23.3 Å². The maximum atomic E-state index is 14.4. The number of nitrogens with zero attached hydrogens (tertiary/aromatic N) is 4. The molecule has 3 aromatic rings. The highest BCUT2D eigenvalue weighted by Crippen LogP contribution is 2.30. The number of hydrogen-bond acceptors (Lipinski definition) is 5. The van der Waals surface area contributed by atoms with E-state index in [-0.39, 0.29) is 11.6 Å². The van der Waals surface area contributed by atoms with Crippen molar-refractivity contribution in [1.29, 1.82) is 0 Å². The first-order valence-corrected chi connectivity index (χ1v) is 7.67. The topological polar surface area (TPSA) is 86.3 Å². The van der Waals surface area contributed by atoms with Gasteiger partial charge in [-0.1, -0.05) is 0 Å². The van der Waals surface area contributed by atoms with Crippen LogP contribution >= 0.6 is 0 Å². The fraction of sp³-hybridized carbons (Fsp3) is 0.176. The minimum absolute atomic E-state index is 0.189. The summed E-state index contributed by atoms with van der Waals surface area (Å²) in [6, 6.07) is 3.15. The first-order valence-electron chi connectivity index (χ1n) is 7.67. The number of fused-ring (bicyclic) bond motifs is 2. The number of aromatic nitrogens is 3. The summed E-state index contributed by atoms with van der Waals surface area (Å²) in [5, 5.41) is 3.51. The Hall–Kier alpha value is -3.29. The highest BCUT2D eigenvalue weighted by atomic mass is 19.1. The van der Waals surface area contributed by atoms with Gasteiger partial charge in [-0.3, -0.25) is 9.79 Å². The molecule has 1 aromatic carbocycles. The molecule has 1 amide bonds. The Morgan fingerprint density at radius 1 is 1.32 bits per heavy atom. The molecule has 0 aliphatic carbocycles. The van der Waals surface area contributed by atoms with Gasteiger partial charge in [0.15, 0.2) is 0 Å². The van der Waals surface area contributed by atoms with E-state index in [4.69, 9.17) is 0 Å². The minimum atomic E-state index is -0.396. The highest BCUT2D eigenvalue weighted by Gasteiger charge is 2.20. The van der Waals surface area contributed by atoms with E-state index in [0.29, 0.717) is 29.0 Å². The molecule has 25 heavy (non-hydrogen) atoms. The Labute approximate surface area is 142 Å². The number of carbonyl (C=O) groups excluding carboxylic acids is 1. The Morgan fingerprint density at radius 3 is 2.96 bits per heavy atom. The molecule has 1 aliphatic rings. The standard InChI is InChI=1S/C17H15FN6O/c1-24(2)17(25)11-7-20-15-14(11)16(22-8-21-15)23-13-4-10-6-19-5-9(10)3-12(13)18/h3-4,6-8H,5H2,1-2H3,(H2,20,21,22,23). The van der Waals surface area contributed by atoms with Crippen molar-refractivity contribution in [2.24, 2.45) is 4.99 Å². The van der Waals surface area contributed by atoms with Crippen molar-refractivity contribution in [1.82, 2.24) is 19.9 Å². The number of rotatable bonds is 3. The van der Waals surface area contributed by atoms with Crippen LogP contribution < -0.4 is 5.32 Å². The van der Waals surface area contributed by atoms with E-state index >= 15 is 0 Å². The second-order valence-corrected chi connectivity index (χ2v) is 5.97. The summed E-state index contributed by atoms with van der Waals surface area (Å²) in [7, 11) is 3.33. The molecule has 2 N–H and O–H groups in total. The molecular weight excluding hydrogens is 323 g/mol. The fourth-order valence-corrected chi connectivity index (χ4v) is 2.82. The van der Waals surface area contributed by atoms with Gasteiger partial charge in [-0.2, -0.15) is 0 Å². The molecule has 0 saturated carbocycles. The third-order valence-corrected chi connectivity index (χ3v) is 4.08. The van der Waals surface area contributed by atoms with Crippen LogP contribution in [0.4, 0.5) is 15.9 Å². The zero-order chi connectivity index (χ0) is 17.6. The van der Waals surface area contributed by atoms with Gasteiger partial charge >= 0.3 is 0 Å². The average Bonchev–Trinajstić information content (AvgIpc) is 3.21. The molecule has 8 heteroatoms. The molecule has 0 spiro atoms. The molecule has 1 aliphatic heterocycles. The van der Waals surface area contributed by atoms with Gasteiger partial charge in [-0.15, -0.1) is 0 Å². The molecule has 0 atom stereocenters. The summed E-state index contributed by atoms with van der Waals surface area (Å²) < 4.78 is 14.4. The van der Waals surface area contributed by atoms with E-state index in [9.17, 15) is 9.18 Å². The summed E-state index contributed by atoms with van der Waals surface area (Å²) in [5.41, 5.74) is 2.92. The third kappa shape index (κ3) is 2.51. The molecule has 0 bridgehead atoms. The summed E-state index contributed by atoms with van der Waals surface area (Å²) in [4.78, 5) is 29.3. The van der Waals surface area contributed by atoms with Crippen LogP contribution in [0.15, 0.2) is 29.6 Å². The van der Waals surface area contributed by atoms with E-state index in [1.165, 1.54) is 17.3 Å². The van der Waals surface area contributed by atoms with Gasteiger partial charge < -0.3 is 15.2 Å². The Bertz CT molecular complexity index is 1020. The SMILES string of the molecule is CN(C)C(=O)c1c[nH]c2ncnc(Nc3cc4c(cc3F)CN=C4)c12. The van der Waals surface area contributed by atoms with Crippen LogP contribution in [0, 0.1) is 5.82 Å². The second-order valence-electron chi connectivity index (χ2n) is 5.97. The van der Waals surface area contributed by atoms with Crippen LogP contribution in [0.1, 0.15) is 21.5 Å². The third-order valence-electron chi connectivity index (χ3n) is 4.08. The number of halogens is 1. The second kappa shape index (κ2) is 5.66. The molecule has 0 fully saturated rings. The smallest absolute Gasteiger partial charge is 0.255 e. The number of carbonyl (C=O) groups is 1. The van der Waals surface area contributed by atoms with Crippen molar-refractivity contribution >= 4 is 34.7 Å². The Morgan fingerprint density at radius 2 is 2.16 bits per heavy atom. The van der Waals surface area contributed by atoms with E-state index < -0.39 is 5.82 Å². The minimum Gasteiger partial charge on any atom is -0.345 e. The summed E-state index contributed by atoms with van der Waals surface area (Å²) in [5.74, 6) is -0.220. The van der Waals surface area contributed by atoms with Gasteiger partial charge in [0.05, 0.1) is 23.2 Å². The largest absolute Gasteiger partial charge is 0.345 e. The van der Waals surface area contributed by atoms with Gasteiger partial charge in [0.1, 0.15) is 23.6 Å². The monoisotopic (exact) mass is 338 g/mol. The number of hydrogen-bond donors (Lipinski definition) is 2.